The predicted octanol–water partition coefficient (Wildman–Crippen LogP) is 4.91. The number of carbonyl (C=O) groups is 2. The van der Waals surface area contributed by atoms with E-state index in [1.807, 2.05) is 42.6 Å². The van der Waals surface area contributed by atoms with Crippen LogP contribution in [0.4, 0.5) is 11.4 Å². The predicted molar refractivity (Wildman–Crippen MR) is 130 cm³/mol. The van der Waals surface area contributed by atoms with Crippen LogP contribution in [-0.4, -0.2) is 30.6 Å². The molecule has 0 saturated carbocycles. The molecule has 0 saturated heterocycles. The number of amides is 2. The molecule has 1 aliphatic rings. The van der Waals surface area contributed by atoms with Crippen LogP contribution >= 0.6 is 0 Å². The summed E-state index contributed by atoms with van der Waals surface area (Å²) < 4.78 is 12.7. The molecule has 0 atom stereocenters. The lowest BCUT2D eigenvalue weighted by molar-refractivity contribution is 0.0982. The average Bonchev–Trinajstić information content (AvgIpc) is 3.36. The maximum absolute atomic E-state index is 13.4. The summed E-state index contributed by atoms with van der Waals surface area (Å²) in [6.45, 7) is 0.481. The third-order valence-electron chi connectivity index (χ3n) is 5.88. The maximum Gasteiger partial charge on any atom is 0.263 e. The Balaban J connectivity index is 1.38. The van der Waals surface area contributed by atoms with Crippen molar-refractivity contribution < 1.29 is 19.1 Å². The van der Waals surface area contributed by atoms with Crippen molar-refractivity contribution in [2.24, 2.45) is 0 Å². The van der Waals surface area contributed by atoms with Crippen LogP contribution < -0.4 is 19.7 Å². The molecule has 1 aromatic heterocycles. The fourth-order valence-electron chi connectivity index (χ4n) is 4.23. The Morgan fingerprint density at radius 2 is 1.47 bits per heavy atom. The number of anilines is 2. The first-order valence-electron chi connectivity index (χ1n) is 10.8. The van der Waals surface area contributed by atoms with Gasteiger partial charge in [-0.3, -0.25) is 9.59 Å². The van der Waals surface area contributed by atoms with E-state index in [0.29, 0.717) is 34.9 Å². The van der Waals surface area contributed by atoms with Crippen LogP contribution in [0.3, 0.4) is 0 Å². The molecule has 1 aliphatic heterocycles. The second-order valence-electron chi connectivity index (χ2n) is 7.82. The van der Waals surface area contributed by atoms with Gasteiger partial charge >= 0.3 is 0 Å². The Morgan fingerprint density at radius 3 is 2.15 bits per heavy atom. The van der Waals surface area contributed by atoms with E-state index in [4.69, 9.17) is 9.47 Å². The van der Waals surface area contributed by atoms with Crippen LogP contribution in [0.1, 0.15) is 26.4 Å². The van der Waals surface area contributed by atoms with E-state index in [0.717, 1.165) is 17.1 Å². The van der Waals surface area contributed by atoms with Crippen molar-refractivity contribution in [3.05, 3.63) is 102 Å². The number of ether oxygens (including phenoxy) is 2. The molecule has 0 spiro atoms. The minimum Gasteiger partial charge on any atom is -0.496 e. The number of nitrogens with zero attached hydrogens (tertiary/aromatic N) is 2. The normalized spacial score (nSPS) is 11.9. The fourth-order valence-corrected chi connectivity index (χ4v) is 4.23. The number of hydrogen-bond acceptors (Lipinski definition) is 4. The van der Waals surface area contributed by atoms with E-state index in [1.165, 1.54) is 14.2 Å². The SMILES string of the molecule is COc1cccc(OC)c1C(=O)Nc1ccc(C(=O)N2Cc3cccn3-c3ccccc32)cc1. The van der Waals surface area contributed by atoms with Gasteiger partial charge in [-0.1, -0.05) is 18.2 Å². The first kappa shape index (κ1) is 21.3. The molecular formula is C27H23N3O4. The number of nitrogens with one attached hydrogen (secondary N) is 1. The topological polar surface area (TPSA) is 72.8 Å². The zero-order valence-electron chi connectivity index (χ0n) is 18.8. The summed E-state index contributed by atoms with van der Waals surface area (Å²) in [5.74, 6) is 0.359. The minimum atomic E-state index is -0.362. The summed E-state index contributed by atoms with van der Waals surface area (Å²) in [6, 6.07) is 23.9. The van der Waals surface area contributed by atoms with Crippen molar-refractivity contribution in [3.8, 4) is 17.2 Å². The van der Waals surface area contributed by atoms with Crippen LogP contribution in [0, 0.1) is 0 Å². The molecule has 7 nitrogen and oxygen atoms in total. The van der Waals surface area contributed by atoms with Gasteiger partial charge in [0.15, 0.2) is 0 Å². The average molecular weight is 453 g/mol. The monoisotopic (exact) mass is 453 g/mol. The van der Waals surface area contributed by atoms with E-state index >= 15 is 0 Å². The molecule has 1 N–H and O–H groups in total. The van der Waals surface area contributed by atoms with E-state index in [9.17, 15) is 9.59 Å². The van der Waals surface area contributed by atoms with Gasteiger partial charge in [0.2, 0.25) is 0 Å². The van der Waals surface area contributed by atoms with Gasteiger partial charge in [0, 0.05) is 23.1 Å². The van der Waals surface area contributed by atoms with Crippen LogP contribution in [0.5, 0.6) is 11.5 Å². The third-order valence-corrected chi connectivity index (χ3v) is 5.88. The number of fused-ring (bicyclic) bond motifs is 3. The van der Waals surface area contributed by atoms with E-state index < -0.39 is 0 Å². The zero-order chi connectivity index (χ0) is 23.7. The molecule has 4 aromatic rings. The molecule has 3 aromatic carbocycles. The van der Waals surface area contributed by atoms with Gasteiger partial charge in [-0.2, -0.15) is 0 Å². The summed E-state index contributed by atoms with van der Waals surface area (Å²) in [7, 11) is 3.00. The van der Waals surface area contributed by atoms with Crippen molar-refractivity contribution in [2.45, 2.75) is 6.54 Å². The largest absolute Gasteiger partial charge is 0.496 e. The van der Waals surface area contributed by atoms with Gasteiger partial charge in [-0.15, -0.1) is 0 Å². The highest BCUT2D eigenvalue weighted by Gasteiger charge is 2.26. The van der Waals surface area contributed by atoms with E-state index in [-0.39, 0.29) is 11.8 Å². The molecule has 170 valence electrons. The lowest BCUT2D eigenvalue weighted by Crippen LogP contribution is -2.34. The summed E-state index contributed by atoms with van der Waals surface area (Å²) in [5.41, 5.74) is 4.26. The van der Waals surface area contributed by atoms with Crippen LogP contribution in [0.2, 0.25) is 0 Å². The molecule has 2 amide bonds. The van der Waals surface area contributed by atoms with Gasteiger partial charge < -0.3 is 24.3 Å². The molecule has 0 bridgehead atoms. The number of benzene rings is 3. The van der Waals surface area contributed by atoms with Crippen molar-refractivity contribution in [3.63, 3.8) is 0 Å². The van der Waals surface area contributed by atoms with E-state index in [2.05, 4.69) is 9.88 Å². The summed E-state index contributed by atoms with van der Waals surface area (Å²) in [5, 5.41) is 2.85. The second kappa shape index (κ2) is 8.78. The van der Waals surface area contributed by atoms with Crippen LogP contribution in [-0.2, 0) is 6.54 Å². The molecule has 0 fully saturated rings. The summed E-state index contributed by atoms with van der Waals surface area (Å²) in [6.07, 6.45) is 2.00. The number of methoxy groups -OCH3 is 2. The fraction of sp³-hybridized carbons (Fsp3) is 0.111. The molecule has 34 heavy (non-hydrogen) atoms. The number of carbonyl (C=O) groups excluding carboxylic acids is 2. The number of rotatable bonds is 5. The highest BCUT2D eigenvalue weighted by Crippen LogP contribution is 2.33. The Kier molecular flexibility index (Phi) is 5.51. The lowest BCUT2D eigenvalue weighted by Gasteiger charge is -2.31. The first-order valence-corrected chi connectivity index (χ1v) is 10.8. The molecule has 0 unspecified atom stereocenters. The number of aromatic nitrogens is 1. The smallest absolute Gasteiger partial charge is 0.263 e. The maximum atomic E-state index is 13.4. The van der Waals surface area contributed by atoms with E-state index in [1.54, 1.807) is 47.4 Å². The van der Waals surface area contributed by atoms with Crippen LogP contribution in [0.25, 0.3) is 5.69 Å². The van der Waals surface area contributed by atoms with Crippen molar-refractivity contribution in [1.29, 1.82) is 0 Å². The molecular weight excluding hydrogens is 430 g/mol. The van der Waals surface area contributed by atoms with Gasteiger partial charge in [0.1, 0.15) is 17.1 Å². The highest BCUT2D eigenvalue weighted by atomic mass is 16.5. The lowest BCUT2D eigenvalue weighted by atomic mass is 10.1. The van der Waals surface area contributed by atoms with Crippen molar-refractivity contribution in [1.82, 2.24) is 4.57 Å². The third kappa shape index (κ3) is 3.67. The van der Waals surface area contributed by atoms with Gasteiger partial charge in [0.25, 0.3) is 11.8 Å². The summed E-state index contributed by atoms with van der Waals surface area (Å²) in [4.78, 5) is 28.1. The highest BCUT2D eigenvalue weighted by molar-refractivity contribution is 6.09. The second-order valence-corrected chi connectivity index (χ2v) is 7.82. The molecule has 0 radical (unpaired) electrons. The van der Waals surface area contributed by atoms with Gasteiger partial charge in [0.05, 0.1) is 32.1 Å². The molecule has 0 aliphatic carbocycles. The van der Waals surface area contributed by atoms with Crippen LogP contribution in [0.15, 0.2) is 85.1 Å². The van der Waals surface area contributed by atoms with Gasteiger partial charge in [-0.25, -0.2) is 0 Å². The zero-order valence-corrected chi connectivity index (χ0v) is 18.8. The Labute approximate surface area is 197 Å². The minimum absolute atomic E-state index is 0.107. The Hall–Kier alpha value is -4.52. The first-order chi connectivity index (χ1) is 16.6. The molecule has 7 heteroatoms. The standard InChI is InChI=1S/C27H23N3O4/c1-33-23-10-5-11-24(34-2)25(23)26(31)28-19-14-12-18(13-15-19)27(32)30-17-20-7-6-16-29(20)21-8-3-4-9-22(21)30/h3-16H,17H2,1-2H3,(H,28,31). The number of hydrogen-bond donors (Lipinski definition) is 1. The number of para-hydroxylation sites is 2. The molecule has 5 rings (SSSR count). The summed E-state index contributed by atoms with van der Waals surface area (Å²) >= 11 is 0. The Bertz CT molecular complexity index is 1350. The molecule has 2 heterocycles. The Morgan fingerprint density at radius 1 is 0.794 bits per heavy atom. The quantitative estimate of drug-likeness (QED) is 0.466. The van der Waals surface area contributed by atoms with Gasteiger partial charge in [-0.05, 0) is 60.7 Å². The van der Waals surface area contributed by atoms with Crippen molar-refractivity contribution >= 4 is 23.2 Å². The van der Waals surface area contributed by atoms with Crippen molar-refractivity contribution in [2.75, 3.05) is 24.4 Å².